The number of anilines is 2. The predicted molar refractivity (Wildman–Crippen MR) is 533 cm³/mol. The fourth-order valence-electron chi connectivity index (χ4n) is 10.7. The van der Waals surface area contributed by atoms with Gasteiger partial charge in [-0.05, 0) is 178 Å². The van der Waals surface area contributed by atoms with Gasteiger partial charge >= 0.3 is 61.3 Å². The monoisotopic (exact) mass is 2170 g/mol. The van der Waals surface area contributed by atoms with Crippen molar-refractivity contribution in [2.24, 2.45) is 32.5 Å². The molecule has 0 unspecified atom stereocenters. The second-order valence-electron chi connectivity index (χ2n) is 34.3. The first kappa shape index (κ1) is 143. The van der Waals surface area contributed by atoms with E-state index in [4.69, 9.17) is 90.7 Å². The minimum atomic E-state index is -0.826. The zero-order valence-electron chi connectivity index (χ0n) is 85.1. The second kappa shape index (κ2) is 79.8. The molecule has 6 aromatic carbocycles. The molecule has 8 N–H and O–H groups in total. The third kappa shape index (κ3) is 62.6. The Labute approximate surface area is 854 Å². The van der Waals surface area contributed by atoms with Gasteiger partial charge in [-0.1, -0.05) is 104 Å². The summed E-state index contributed by atoms with van der Waals surface area (Å²) in [7, 11) is 9.87. The third-order valence-corrected chi connectivity index (χ3v) is 19.6. The number of ether oxygens (including phenoxy) is 5. The van der Waals surface area contributed by atoms with Crippen molar-refractivity contribution in [3.8, 4) is 28.7 Å². The second-order valence-corrected chi connectivity index (χ2v) is 38.6. The molecule has 0 aliphatic heterocycles. The summed E-state index contributed by atoms with van der Waals surface area (Å²) in [4.78, 5) is 219. The zero-order chi connectivity index (χ0) is 111. The molecule has 0 saturated heterocycles. The van der Waals surface area contributed by atoms with Crippen molar-refractivity contribution in [2.45, 2.75) is 241 Å². The number of nitrogens with two attached hydrogens (primary N) is 1. The first-order valence-electron chi connectivity index (χ1n) is 44.5. The standard InChI is InChI=1S/C17H25NO3.C16H22N2O5.C16H23NO4.2C15H21NO4.C8H17NO2.C6H4N2O4.4CO2.2ClH.H3N.Sn/c1-5-6-10-15(20)17(3,4)11-21-14-9-7-8-13(18)16(14)12(2)19;1-4-5-9-14(20)16(2,3)10-23-13-8-6-7-12(18(21)22)15(13)17-11-19;1-5-6-10-15(18)16(3,4)11-21-14-9-7-8-13(12(14)2)17(19)20;2*1-4-5-9-14(17)15(2,3)11-20-13-8-6-7-12(10-13)16(18)19;1-4-5-9-7(11)8(2,3)6-10;9-7(10)5-2-1-3-6(4-5)8(11)12;4*2-1-3;;;;/h7-9H,5-6,10-11,18H2,1-4H3;6-8,11H,4-5,9-10H2,1-3H3,(H,17,19);7-9H,5-6,10-11H2,1-4H3;2*6-8,10H,4-5,9,11H2,1-3H3;10H,4-6H2,1-3H3,(H,9,11);1-4H;;;;;2*1H;1H3;/q;;;;;;;;;;;;;;+2/p-2. The summed E-state index contributed by atoms with van der Waals surface area (Å²) < 4.78 is 28.1. The normalized spacial score (nSPS) is 10.1. The quantitative estimate of drug-likeness (QED) is 0.00591. The number of amides is 2. The van der Waals surface area contributed by atoms with E-state index in [1.807, 2.05) is 90.0 Å². The maximum atomic E-state index is 12.2. The number of carbonyl (C=O) groups excluding carboxylic acids is 16. The molecule has 0 fully saturated rings. The molecule has 0 aliphatic carbocycles. The van der Waals surface area contributed by atoms with Crippen LogP contribution in [-0.4, -0.2) is 171 Å². The molecule has 0 saturated carbocycles. The number of unbranched alkanes of at least 4 members (excludes halogenated alkanes) is 5. The molecule has 44 nitrogen and oxygen atoms in total. The number of rotatable bonds is 48. The molecule has 796 valence electrons. The van der Waals surface area contributed by atoms with Crippen molar-refractivity contribution in [3.05, 3.63) is 199 Å². The number of carbonyl (C=O) groups is 8. The Morgan fingerprint density at radius 1 is 0.403 bits per heavy atom. The molecule has 0 spiro atoms. The maximum absolute atomic E-state index is 12.2. The molecule has 0 aliphatic rings. The van der Waals surface area contributed by atoms with E-state index in [-0.39, 0.29) is 157 Å². The first-order valence-corrected chi connectivity index (χ1v) is 51.7. The van der Waals surface area contributed by atoms with Gasteiger partial charge in [-0.15, -0.1) is 0 Å². The van der Waals surface area contributed by atoms with Gasteiger partial charge in [0.25, 0.3) is 34.1 Å². The summed E-state index contributed by atoms with van der Waals surface area (Å²) in [5.74, 6) is 2.41. The Bertz CT molecular complexity index is 4960. The van der Waals surface area contributed by atoms with Crippen LogP contribution in [0.15, 0.2) is 127 Å². The van der Waals surface area contributed by atoms with Crippen LogP contribution in [0.25, 0.3) is 0 Å². The van der Waals surface area contributed by atoms with Crippen molar-refractivity contribution in [1.82, 2.24) is 11.5 Å². The van der Waals surface area contributed by atoms with E-state index < -0.39 is 80.9 Å². The molecule has 6 aromatic rings. The Balaban J connectivity index is -0.000000299. The SMILES string of the molecule is CCCCC(=O)C(C)(C)COc1cccc(N)c1C(C)=O.CCCCC(=O)C(C)(C)COc1cccc([N+](=O)[O-])c1.CCCCC(=O)C(C)(C)COc1cccc([N+](=O)[O-])c1.CCCCC(=O)C(C)(C)COc1cccc([N+](=O)[O-])c1C.CCCCC(=O)C(C)(C)COc1cccc([N+](=O)[O-])c1NC=O.CCCNC(=O)C(C)(C)CO.N.O=C=O.O=C=O.O=C=O.O=C=O.O=[N+]([O-])c1cccc([N+](=O)[O-])c1.[Cl][Sn][Cl]. The fourth-order valence-corrected chi connectivity index (χ4v) is 10.7. The summed E-state index contributed by atoms with van der Waals surface area (Å²) in [6.45, 7) is 38.6. The number of nitro groups is 6. The Morgan fingerprint density at radius 2 is 0.667 bits per heavy atom. The topological polar surface area (TPSA) is 683 Å². The van der Waals surface area contributed by atoms with Crippen molar-refractivity contribution in [2.75, 3.05) is 57.2 Å². The predicted octanol–water partition coefficient (Wildman–Crippen LogP) is 19.4. The molecule has 0 aromatic heterocycles. The van der Waals surface area contributed by atoms with E-state index in [9.17, 15) is 99.0 Å². The number of nitrogens with one attached hydrogen (secondary N) is 2. The average Bonchev–Trinajstić information content (AvgIpc) is 0.864. The van der Waals surface area contributed by atoms with E-state index in [0.29, 0.717) is 84.9 Å². The molecule has 2 amide bonds. The number of nitrogens with zero attached hydrogens (tertiary/aromatic N) is 6. The van der Waals surface area contributed by atoms with E-state index in [2.05, 4.69) is 17.6 Å². The van der Waals surface area contributed by atoms with Crippen molar-refractivity contribution in [1.29, 1.82) is 0 Å². The van der Waals surface area contributed by atoms with Crippen LogP contribution in [0, 0.1) is 100 Å². The number of benzene rings is 6. The number of aliphatic hydroxyl groups excluding tert-OH is 1. The van der Waals surface area contributed by atoms with Gasteiger partial charge in [0, 0.05) is 80.7 Å². The number of non-ortho nitro benzene ring substituents is 4. The molecule has 144 heavy (non-hydrogen) atoms. The number of Topliss-reactive ketones (excluding diaryl/α,β-unsaturated/α-hetero) is 6. The molecule has 2 radical (unpaired) electrons. The van der Waals surface area contributed by atoms with Gasteiger partial charge in [0.05, 0.1) is 98.0 Å². The number of hydrogen-bond donors (Lipinski definition) is 5. The van der Waals surface area contributed by atoms with Gasteiger partial charge in [0.1, 0.15) is 90.7 Å². The molecular formula is C97H136Cl2N10O34Sn. The minimum absolute atomic E-state index is 0. The zero-order valence-corrected chi connectivity index (χ0v) is 89.5. The van der Waals surface area contributed by atoms with Crippen LogP contribution in [0.4, 0.5) is 45.5 Å². The number of hydrogen-bond acceptors (Lipinski definition) is 36. The van der Waals surface area contributed by atoms with Crippen LogP contribution in [-0.2, 0) is 71.9 Å². The number of halogens is 2. The van der Waals surface area contributed by atoms with Crippen molar-refractivity contribution >= 4 is 154 Å². The van der Waals surface area contributed by atoms with Gasteiger partial charge < -0.3 is 51.3 Å². The van der Waals surface area contributed by atoms with E-state index >= 15 is 0 Å². The number of nitro benzene ring substituents is 6. The summed E-state index contributed by atoms with van der Waals surface area (Å²) in [5, 5.41) is 77.4. The third-order valence-electron chi connectivity index (χ3n) is 19.6. The number of para-hydroxylation sites is 1. The van der Waals surface area contributed by atoms with E-state index in [1.165, 1.54) is 73.7 Å². The van der Waals surface area contributed by atoms with Gasteiger partial charge in [0.15, 0.2) is 11.5 Å². The number of ketones is 6. The van der Waals surface area contributed by atoms with Gasteiger partial charge in [-0.25, -0.2) is 0 Å². The van der Waals surface area contributed by atoms with Crippen molar-refractivity contribution < 1.29 is 135 Å². The summed E-state index contributed by atoms with van der Waals surface area (Å²) in [5.41, 5.74) is 2.58. The molecule has 0 bridgehead atoms. The summed E-state index contributed by atoms with van der Waals surface area (Å²) in [6, 6.07) is 30.7. The molecule has 47 heteroatoms. The van der Waals surface area contributed by atoms with Crippen LogP contribution >= 0.6 is 17.8 Å². The summed E-state index contributed by atoms with van der Waals surface area (Å²) in [6.07, 6.45) is 14.1. The van der Waals surface area contributed by atoms with Crippen LogP contribution < -0.4 is 46.2 Å². The Morgan fingerprint density at radius 3 is 0.951 bits per heavy atom. The molecule has 6 rings (SSSR count). The van der Waals surface area contributed by atoms with Gasteiger partial charge in [-0.2, -0.15) is 38.4 Å². The van der Waals surface area contributed by atoms with Crippen LogP contribution in [0.5, 0.6) is 28.7 Å². The molecule has 0 heterocycles. The molecule has 0 atom stereocenters. The fraction of sp³-hybridized carbons (Fsp3) is 0.505. The Hall–Kier alpha value is -13.7. The first-order chi connectivity index (χ1) is 66.9. The van der Waals surface area contributed by atoms with Crippen LogP contribution in [0.2, 0.25) is 0 Å². The number of aliphatic hydroxyl groups is 1. The average molecular weight is 2180 g/mol. The van der Waals surface area contributed by atoms with Crippen molar-refractivity contribution in [3.63, 3.8) is 0 Å². The van der Waals surface area contributed by atoms with Gasteiger partial charge in [-0.3, -0.25) is 99.0 Å². The Kier molecular flexibility index (Phi) is 79.4. The van der Waals surface area contributed by atoms with Crippen LogP contribution in [0.1, 0.15) is 250 Å². The van der Waals surface area contributed by atoms with Crippen LogP contribution in [0.3, 0.4) is 0 Å². The number of nitrogen functional groups attached to an aromatic ring is 1. The van der Waals surface area contributed by atoms with E-state index in [0.717, 1.165) is 76.7 Å². The van der Waals surface area contributed by atoms with E-state index in [1.54, 1.807) is 89.2 Å². The summed E-state index contributed by atoms with van der Waals surface area (Å²) >= 11 is -0.826. The molecular weight excluding hydrogens is 2040 g/mol. The van der Waals surface area contributed by atoms with Gasteiger partial charge in [0.2, 0.25) is 12.3 Å².